The second-order valence-corrected chi connectivity index (χ2v) is 7.31. The molecule has 1 fully saturated rings. The second kappa shape index (κ2) is 11.6. The number of nitrogens with zero attached hydrogens (tertiary/aromatic N) is 3. The van der Waals surface area contributed by atoms with Crippen LogP contribution in [0.5, 0.6) is 0 Å². The molecule has 0 unspecified atom stereocenters. The second-order valence-electron chi connectivity index (χ2n) is 7.31. The van der Waals surface area contributed by atoms with Crippen LogP contribution in [0.25, 0.3) is 11.5 Å². The number of rotatable bonds is 9. The molecule has 0 spiro atoms. The Morgan fingerprint density at radius 1 is 1.28 bits per heavy atom. The molecule has 2 aromatic rings. The summed E-state index contributed by atoms with van der Waals surface area (Å²) in [5.41, 5.74) is 1.80. The molecule has 0 radical (unpaired) electrons. The van der Waals surface area contributed by atoms with Crippen molar-refractivity contribution in [2.75, 3.05) is 39.9 Å². The molecule has 0 saturated carbocycles. The molecule has 0 aliphatic carbocycles. The maximum absolute atomic E-state index is 5.61. The van der Waals surface area contributed by atoms with Crippen LogP contribution >= 0.6 is 0 Å². The first-order chi connectivity index (χ1) is 14.3. The van der Waals surface area contributed by atoms with Gasteiger partial charge in [-0.1, -0.05) is 18.2 Å². The van der Waals surface area contributed by atoms with Crippen LogP contribution in [0.2, 0.25) is 0 Å². The van der Waals surface area contributed by atoms with E-state index in [2.05, 4.69) is 27.4 Å². The number of nitrogens with one attached hydrogen (secondary N) is 2. The fraction of sp³-hybridized carbons (Fsp3) is 0.545. The van der Waals surface area contributed by atoms with Gasteiger partial charge in [-0.15, -0.1) is 0 Å². The molecular weight excluding hydrogens is 366 g/mol. The highest BCUT2D eigenvalue weighted by Crippen LogP contribution is 2.18. The molecule has 1 aliphatic heterocycles. The molecule has 0 atom stereocenters. The maximum atomic E-state index is 5.61. The lowest BCUT2D eigenvalue weighted by atomic mass is 10.1. The van der Waals surface area contributed by atoms with Gasteiger partial charge in [0.2, 0.25) is 5.89 Å². The smallest absolute Gasteiger partial charge is 0.226 e. The van der Waals surface area contributed by atoms with Gasteiger partial charge in [0.25, 0.3) is 0 Å². The number of piperidine rings is 1. The molecule has 7 heteroatoms. The van der Waals surface area contributed by atoms with E-state index < -0.39 is 0 Å². The van der Waals surface area contributed by atoms with Crippen LogP contribution in [0.3, 0.4) is 0 Å². The summed E-state index contributed by atoms with van der Waals surface area (Å²) in [6.07, 6.45) is 5.04. The van der Waals surface area contributed by atoms with Crippen molar-refractivity contribution in [3.8, 4) is 11.5 Å². The van der Waals surface area contributed by atoms with Gasteiger partial charge in [-0.05, 0) is 38.3 Å². The number of likely N-dealkylation sites (tertiary alicyclic amines) is 1. The fourth-order valence-electron chi connectivity index (χ4n) is 3.50. The zero-order valence-electron chi connectivity index (χ0n) is 17.6. The molecule has 1 aromatic heterocycles. The molecule has 158 valence electrons. The number of aliphatic imine (C=N–C) groups is 1. The highest BCUT2D eigenvalue weighted by Gasteiger charge is 2.19. The van der Waals surface area contributed by atoms with E-state index in [-0.39, 0.29) is 0 Å². The van der Waals surface area contributed by atoms with Crippen LogP contribution in [0.1, 0.15) is 31.9 Å². The minimum absolute atomic E-state index is 0.448. The van der Waals surface area contributed by atoms with Crippen molar-refractivity contribution in [2.24, 2.45) is 4.99 Å². The van der Waals surface area contributed by atoms with Gasteiger partial charge in [0, 0.05) is 51.5 Å². The van der Waals surface area contributed by atoms with E-state index in [0.717, 1.165) is 69.3 Å². The summed E-state index contributed by atoms with van der Waals surface area (Å²) in [5.74, 6) is 1.48. The highest BCUT2D eigenvalue weighted by atomic mass is 16.5. The summed E-state index contributed by atoms with van der Waals surface area (Å²) >= 11 is 0. The Balaban J connectivity index is 1.50. The number of ether oxygens (including phenoxy) is 1. The lowest BCUT2D eigenvalue weighted by Crippen LogP contribution is -2.48. The summed E-state index contributed by atoms with van der Waals surface area (Å²) in [5, 5.41) is 6.92. The first-order valence-electron chi connectivity index (χ1n) is 10.5. The van der Waals surface area contributed by atoms with Crippen LogP contribution in [-0.4, -0.2) is 61.8 Å². The summed E-state index contributed by atoms with van der Waals surface area (Å²) in [6, 6.07) is 10.4. The number of guanidine groups is 1. The first kappa shape index (κ1) is 21.3. The van der Waals surface area contributed by atoms with Crippen molar-refractivity contribution >= 4 is 5.96 Å². The molecule has 0 bridgehead atoms. The van der Waals surface area contributed by atoms with Crippen molar-refractivity contribution in [1.29, 1.82) is 0 Å². The third-order valence-corrected chi connectivity index (χ3v) is 5.07. The quantitative estimate of drug-likeness (QED) is 0.384. The molecule has 1 aliphatic rings. The monoisotopic (exact) mass is 399 g/mol. The van der Waals surface area contributed by atoms with Crippen LogP contribution in [0.4, 0.5) is 0 Å². The van der Waals surface area contributed by atoms with E-state index in [1.165, 1.54) is 0 Å². The number of benzene rings is 1. The Kier molecular flexibility index (Phi) is 8.52. The minimum Gasteiger partial charge on any atom is -0.444 e. The molecule has 29 heavy (non-hydrogen) atoms. The predicted octanol–water partition coefficient (Wildman–Crippen LogP) is 2.90. The maximum Gasteiger partial charge on any atom is 0.226 e. The van der Waals surface area contributed by atoms with Gasteiger partial charge < -0.3 is 24.7 Å². The van der Waals surface area contributed by atoms with Gasteiger partial charge in [0.05, 0.1) is 6.54 Å². The van der Waals surface area contributed by atoms with E-state index in [4.69, 9.17) is 14.1 Å². The van der Waals surface area contributed by atoms with Crippen molar-refractivity contribution in [3.05, 3.63) is 42.3 Å². The summed E-state index contributed by atoms with van der Waals surface area (Å²) in [7, 11) is 1.76. The van der Waals surface area contributed by atoms with E-state index in [0.29, 0.717) is 18.5 Å². The van der Waals surface area contributed by atoms with Crippen molar-refractivity contribution in [1.82, 2.24) is 20.5 Å². The lowest BCUT2D eigenvalue weighted by molar-refractivity contribution is 0.155. The van der Waals surface area contributed by atoms with Crippen LogP contribution in [0.15, 0.2) is 46.0 Å². The average molecular weight is 400 g/mol. The van der Waals surface area contributed by atoms with Crippen molar-refractivity contribution in [2.45, 2.75) is 38.8 Å². The van der Waals surface area contributed by atoms with Crippen molar-refractivity contribution in [3.63, 3.8) is 0 Å². The Hall–Kier alpha value is -2.38. The van der Waals surface area contributed by atoms with Gasteiger partial charge >= 0.3 is 0 Å². The lowest BCUT2D eigenvalue weighted by Gasteiger charge is -2.33. The van der Waals surface area contributed by atoms with Gasteiger partial charge in [0.15, 0.2) is 5.96 Å². The standard InChI is InChI=1S/C22H33N5O2/c1-3-23-22(26-19-10-13-27(14-11-19)12-7-15-28-2)24-16-20-17-29-21(25-20)18-8-5-4-6-9-18/h4-6,8-9,17,19H,3,7,10-16H2,1-2H3,(H2,23,24,26). The van der Waals surface area contributed by atoms with Gasteiger partial charge in [-0.2, -0.15) is 0 Å². The zero-order chi connectivity index (χ0) is 20.3. The molecule has 2 N–H and O–H groups in total. The first-order valence-corrected chi connectivity index (χ1v) is 10.5. The molecular formula is C22H33N5O2. The van der Waals surface area contributed by atoms with Gasteiger partial charge in [-0.25, -0.2) is 9.98 Å². The number of oxazole rings is 1. The molecule has 1 aromatic carbocycles. The predicted molar refractivity (Wildman–Crippen MR) is 116 cm³/mol. The van der Waals surface area contributed by atoms with Crippen LogP contribution in [0, 0.1) is 0 Å². The van der Waals surface area contributed by atoms with Crippen LogP contribution < -0.4 is 10.6 Å². The van der Waals surface area contributed by atoms with Crippen molar-refractivity contribution < 1.29 is 9.15 Å². The average Bonchev–Trinajstić information content (AvgIpc) is 3.23. The molecule has 3 rings (SSSR count). The minimum atomic E-state index is 0.448. The number of aromatic nitrogens is 1. The van der Waals surface area contributed by atoms with Gasteiger partial charge in [-0.3, -0.25) is 0 Å². The van der Waals surface area contributed by atoms with E-state index >= 15 is 0 Å². The Labute approximate surface area is 173 Å². The van der Waals surface area contributed by atoms with E-state index in [1.54, 1.807) is 13.4 Å². The number of hydrogen-bond acceptors (Lipinski definition) is 5. The normalized spacial score (nSPS) is 16.1. The Morgan fingerprint density at radius 3 is 2.79 bits per heavy atom. The fourth-order valence-corrected chi connectivity index (χ4v) is 3.50. The Bertz CT molecular complexity index is 739. The SMILES string of the molecule is CCNC(=NCc1coc(-c2ccccc2)n1)NC1CCN(CCCOC)CC1. The molecule has 0 amide bonds. The zero-order valence-corrected chi connectivity index (χ0v) is 17.6. The third-order valence-electron chi connectivity index (χ3n) is 5.07. The van der Waals surface area contributed by atoms with Gasteiger partial charge in [0.1, 0.15) is 12.0 Å². The number of methoxy groups -OCH3 is 1. The highest BCUT2D eigenvalue weighted by molar-refractivity contribution is 5.80. The third kappa shape index (κ3) is 6.87. The van der Waals surface area contributed by atoms with Crippen LogP contribution in [-0.2, 0) is 11.3 Å². The summed E-state index contributed by atoms with van der Waals surface area (Å²) in [4.78, 5) is 11.8. The summed E-state index contributed by atoms with van der Waals surface area (Å²) in [6.45, 7) is 7.58. The molecule has 7 nitrogen and oxygen atoms in total. The van der Waals surface area contributed by atoms with E-state index in [1.807, 2.05) is 30.3 Å². The topological polar surface area (TPSA) is 74.9 Å². The molecule has 2 heterocycles. The number of hydrogen-bond donors (Lipinski definition) is 2. The molecule has 1 saturated heterocycles. The van der Waals surface area contributed by atoms with E-state index in [9.17, 15) is 0 Å². The Morgan fingerprint density at radius 2 is 2.07 bits per heavy atom. The summed E-state index contributed by atoms with van der Waals surface area (Å²) < 4.78 is 10.8. The largest absolute Gasteiger partial charge is 0.444 e.